The average molecular weight is 424 g/mol. The minimum atomic E-state index is -1.93. The van der Waals surface area contributed by atoms with Gasteiger partial charge in [-0.05, 0) is 0 Å². The van der Waals surface area contributed by atoms with E-state index < -0.39 is 13.3 Å². The van der Waals surface area contributed by atoms with Crippen molar-refractivity contribution in [3.05, 3.63) is 47.7 Å². The maximum atomic E-state index is 4.94. The number of nitrogens with zero attached hydrogens (tertiary/aromatic N) is 1. The van der Waals surface area contributed by atoms with Gasteiger partial charge >= 0.3 is 169 Å². The number of hydrogen-bond acceptors (Lipinski definition) is 1. The summed E-state index contributed by atoms with van der Waals surface area (Å²) in [6.45, 7) is 7.03. The van der Waals surface area contributed by atoms with E-state index in [-0.39, 0.29) is 0 Å². The van der Waals surface area contributed by atoms with E-state index in [0.29, 0.717) is 5.41 Å². The topological polar surface area (TPSA) is 12.9 Å². The first-order valence-electron chi connectivity index (χ1n) is 10.7. The van der Waals surface area contributed by atoms with Crippen molar-refractivity contribution in [1.82, 2.24) is 4.98 Å². The van der Waals surface area contributed by atoms with Gasteiger partial charge in [0.1, 0.15) is 0 Å². The third-order valence-corrected chi connectivity index (χ3v) is 10.1. The third kappa shape index (κ3) is 5.47. The number of aromatic nitrogens is 1. The Balaban J connectivity index is 1.98. The van der Waals surface area contributed by atoms with E-state index >= 15 is 0 Å². The standard InChI is InChI=1S/C25H37GeN/c1-25(2,3)17-22-16-24(27-18-23(22)26(4,5)6)21-14-10-13-20(15-21)19-11-8-7-9-12-19/h10,13-16,18-19H,7-9,11-12,17H2,1-6H3. The SMILES string of the molecule is CC(C)(C)Cc1cc(-c2cccc(C3CCCCC3)c2)nc[c]1[Ge]([CH3])([CH3])[CH3]. The van der Waals surface area contributed by atoms with Crippen molar-refractivity contribution in [2.24, 2.45) is 5.41 Å². The third-order valence-electron chi connectivity index (χ3n) is 5.78. The fourth-order valence-electron chi connectivity index (χ4n) is 4.44. The zero-order chi connectivity index (χ0) is 19.7. The van der Waals surface area contributed by atoms with E-state index in [1.165, 1.54) is 48.8 Å². The number of benzene rings is 1. The van der Waals surface area contributed by atoms with E-state index in [2.05, 4.69) is 74.6 Å². The van der Waals surface area contributed by atoms with Crippen LogP contribution in [0.1, 0.15) is 69.9 Å². The molecule has 0 bridgehead atoms. The zero-order valence-electron chi connectivity index (χ0n) is 18.2. The second kappa shape index (κ2) is 8.11. The Hall–Kier alpha value is -1.09. The van der Waals surface area contributed by atoms with Gasteiger partial charge in [-0.2, -0.15) is 0 Å². The van der Waals surface area contributed by atoms with Crippen molar-refractivity contribution in [2.45, 2.75) is 82.5 Å². The van der Waals surface area contributed by atoms with Crippen LogP contribution in [0.4, 0.5) is 0 Å². The Labute approximate surface area is 169 Å². The average Bonchev–Trinajstić information content (AvgIpc) is 2.60. The van der Waals surface area contributed by atoms with Crippen molar-refractivity contribution in [3.63, 3.8) is 0 Å². The van der Waals surface area contributed by atoms with Crippen LogP contribution in [0.15, 0.2) is 36.5 Å². The van der Waals surface area contributed by atoms with E-state index in [9.17, 15) is 0 Å². The zero-order valence-corrected chi connectivity index (χ0v) is 20.3. The normalized spacial score (nSPS) is 16.5. The van der Waals surface area contributed by atoms with Crippen molar-refractivity contribution < 1.29 is 0 Å². The molecule has 0 atom stereocenters. The van der Waals surface area contributed by atoms with Crippen molar-refractivity contribution in [2.75, 3.05) is 0 Å². The van der Waals surface area contributed by atoms with Crippen LogP contribution in [0.3, 0.4) is 0 Å². The van der Waals surface area contributed by atoms with Crippen LogP contribution < -0.4 is 4.40 Å². The molecule has 0 N–H and O–H groups in total. The molecule has 146 valence electrons. The molecule has 0 amide bonds. The minimum absolute atomic E-state index is 0.296. The van der Waals surface area contributed by atoms with Gasteiger partial charge in [0.25, 0.3) is 0 Å². The van der Waals surface area contributed by atoms with Crippen molar-refractivity contribution in [3.8, 4) is 11.3 Å². The first kappa shape index (κ1) is 20.6. The molecule has 1 heterocycles. The fraction of sp³-hybridized carbons (Fsp3) is 0.560. The molecule has 1 aliphatic carbocycles. The van der Waals surface area contributed by atoms with Crippen LogP contribution >= 0.6 is 0 Å². The molecule has 0 radical (unpaired) electrons. The molecule has 1 saturated carbocycles. The van der Waals surface area contributed by atoms with Gasteiger partial charge in [0.05, 0.1) is 0 Å². The molecule has 1 aromatic heterocycles. The van der Waals surface area contributed by atoms with Crippen LogP contribution in [-0.4, -0.2) is 18.3 Å². The van der Waals surface area contributed by atoms with Gasteiger partial charge in [-0.25, -0.2) is 0 Å². The van der Waals surface area contributed by atoms with Crippen molar-refractivity contribution >= 4 is 17.7 Å². The molecule has 1 fully saturated rings. The Morgan fingerprint density at radius 3 is 2.33 bits per heavy atom. The Kier molecular flexibility index (Phi) is 6.20. The molecule has 0 saturated heterocycles. The maximum absolute atomic E-state index is 4.94. The molecule has 1 aliphatic rings. The molecule has 27 heavy (non-hydrogen) atoms. The molecule has 1 aromatic carbocycles. The molecule has 2 aromatic rings. The summed E-state index contributed by atoms with van der Waals surface area (Å²) in [5.41, 5.74) is 5.79. The molecule has 0 spiro atoms. The Bertz CT molecular complexity index is 774. The molecule has 0 aliphatic heterocycles. The monoisotopic (exact) mass is 425 g/mol. The van der Waals surface area contributed by atoms with Crippen LogP contribution in [0.25, 0.3) is 11.3 Å². The Morgan fingerprint density at radius 1 is 1.00 bits per heavy atom. The molecular formula is C25H37GeN. The van der Waals surface area contributed by atoms with Gasteiger partial charge in [-0.3, -0.25) is 0 Å². The Morgan fingerprint density at radius 2 is 1.70 bits per heavy atom. The van der Waals surface area contributed by atoms with E-state index in [1.54, 1.807) is 4.40 Å². The van der Waals surface area contributed by atoms with Gasteiger partial charge in [-0.15, -0.1) is 0 Å². The summed E-state index contributed by atoms with van der Waals surface area (Å²) in [6, 6.07) is 11.6. The summed E-state index contributed by atoms with van der Waals surface area (Å²) in [6.07, 6.45) is 10.2. The van der Waals surface area contributed by atoms with E-state index in [4.69, 9.17) is 4.98 Å². The number of pyridine rings is 1. The van der Waals surface area contributed by atoms with Crippen LogP contribution in [-0.2, 0) is 6.42 Å². The number of rotatable bonds is 4. The predicted molar refractivity (Wildman–Crippen MR) is 122 cm³/mol. The summed E-state index contributed by atoms with van der Waals surface area (Å²) >= 11 is -1.93. The number of hydrogen-bond donors (Lipinski definition) is 0. The van der Waals surface area contributed by atoms with Crippen LogP contribution in [0, 0.1) is 5.41 Å². The molecular weight excluding hydrogens is 387 g/mol. The predicted octanol–water partition coefficient (Wildman–Crippen LogP) is 6.93. The van der Waals surface area contributed by atoms with E-state index in [1.807, 2.05) is 0 Å². The molecule has 1 nitrogen and oxygen atoms in total. The van der Waals surface area contributed by atoms with Gasteiger partial charge in [-0.1, -0.05) is 0 Å². The second-order valence-electron chi connectivity index (χ2n) is 10.7. The molecule has 0 unspecified atom stereocenters. The summed E-state index contributed by atoms with van der Waals surface area (Å²) in [4.78, 5) is 4.94. The first-order chi connectivity index (χ1) is 12.6. The molecule has 3 rings (SSSR count). The quantitative estimate of drug-likeness (QED) is 0.485. The van der Waals surface area contributed by atoms with Crippen molar-refractivity contribution in [1.29, 1.82) is 0 Å². The van der Waals surface area contributed by atoms with Gasteiger partial charge in [0.2, 0.25) is 0 Å². The summed E-state index contributed by atoms with van der Waals surface area (Å²) in [5.74, 6) is 8.18. The summed E-state index contributed by atoms with van der Waals surface area (Å²) in [7, 11) is 0. The molecule has 2 heteroatoms. The second-order valence-corrected chi connectivity index (χ2v) is 21.2. The van der Waals surface area contributed by atoms with Gasteiger partial charge in [0, 0.05) is 0 Å². The van der Waals surface area contributed by atoms with Gasteiger partial charge in [0.15, 0.2) is 0 Å². The first-order valence-corrected chi connectivity index (χ1v) is 18.1. The summed E-state index contributed by atoms with van der Waals surface area (Å²) < 4.78 is 1.57. The van der Waals surface area contributed by atoms with Gasteiger partial charge < -0.3 is 0 Å². The van der Waals surface area contributed by atoms with Crippen LogP contribution in [0.2, 0.25) is 17.3 Å². The van der Waals surface area contributed by atoms with Crippen LogP contribution in [0.5, 0.6) is 0 Å². The fourth-order valence-corrected chi connectivity index (χ4v) is 7.74. The van der Waals surface area contributed by atoms with E-state index in [0.717, 1.165) is 18.0 Å². The summed E-state index contributed by atoms with van der Waals surface area (Å²) in [5, 5.41) is 0.